The van der Waals surface area contributed by atoms with Crippen LogP contribution in [-0.4, -0.2) is 6.36 Å². The summed E-state index contributed by atoms with van der Waals surface area (Å²) in [4.78, 5) is 0. The van der Waals surface area contributed by atoms with Gasteiger partial charge in [-0.25, -0.2) is 0 Å². The van der Waals surface area contributed by atoms with Crippen molar-refractivity contribution in [3.05, 3.63) is 45.9 Å². The zero-order valence-corrected chi connectivity index (χ0v) is 12.7. The molecule has 0 heterocycles. The van der Waals surface area contributed by atoms with Crippen molar-refractivity contribution < 1.29 is 17.9 Å². The van der Waals surface area contributed by atoms with Gasteiger partial charge in [0, 0.05) is 11.4 Å². The number of ether oxygens (including phenoxy) is 1. The number of halogens is 5. The summed E-state index contributed by atoms with van der Waals surface area (Å²) >= 11 is 9.04. The van der Waals surface area contributed by atoms with Gasteiger partial charge in [0.05, 0.1) is 15.2 Å². The molecule has 3 nitrogen and oxygen atoms in total. The predicted molar refractivity (Wildman–Crippen MR) is 80.0 cm³/mol. The molecule has 0 saturated heterocycles. The minimum Gasteiger partial charge on any atom is -0.405 e. The lowest BCUT2D eigenvalue weighted by Gasteiger charge is -2.13. The fourth-order valence-electron chi connectivity index (χ4n) is 1.57. The van der Waals surface area contributed by atoms with Crippen molar-refractivity contribution in [3.8, 4) is 5.75 Å². The molecule has 21 heavy (non-hydrogen) atoms. The molecule has 0 saturated carbocycles. The Hall–Kier alpha value is -1.60. The molecule has 0 bridgehead atoms. The molecule has 0 aromatic heterocycles. The van der Waals surface area contributed by atoms with Gasteiger partial charge in [-0.1, -0.05) is 11.6 Å². The second-order valence-corrected chi connectivity index (χ2v) is 5.32. The number of alkyl halides is 3. The number of rotatable bonds is 3. The average Bonchev–Trinajstić information content (AvgIpc) is 2.35. The summed E-state index contributed by atoms with van der Waals surface area (Å²) in [6.07, 6.45) is -4.74. The van der Waals surface area contributed by atoms with Crippen LogP contribution in [0.25, 0.3) is 0 Å². The van der Waals surface area contributed by atoms with Crippen molar-refractivity contribution in [2.24, 2.45) is 0 Å². The molecule has 0 aliphatic carbocycles. The maximum atomic E-state index is 12.2. The number of benzene rings is 2. The Morgan fingerprint density at radius 3 is 2.43 bits per heavy atom. The van der Waals surface area contributed by atoms with Gasteiger partial charge in [0.15, 0.2) is 0 Å². The van der Waals surface area contributed by atoms with Crippen LogP contribution in [0.3, 0.4) is 0 Å². The molecular formula is C13H9BrClF3N2O. The monoisotopic (exact) mass is 380 g/mol. The van der Waals surface area contributed by atoms with Gasteiger partial charge in [0.1, 0.15) is 5.75 Å². The van der Waals surface area contributed by atoms with Gasteiger partial charge in [-0.05, 0) is 52.3 Å². The molecule has 2 aromatic rings. The summed E-state index contributed by atoms with van der Waals surface area (Å²) in [5, 5.41) is 3.38. The Morgan fingerprint density at radius 2 is 1.86 bits per heavy atom. The Labute approximate surface area is 132 Å². The number of hydrogen-bond acceptors (Lipinski definition) is 3. The molecule has 3 N–H and O–H groups in total. The normalized spacial score (nSPS) is 11.3. The van der Waals surface area contributed by atoms with Gasteiger partial charge < -0.3 is 15.8 Å². The molecule has 2 aromatic carbocycles. The van der Waals surface area contributed by atoms with E-state index in [9.17, 15) is 13.2 Å². The van der Waals surface area contributed by atoms with E-state index in [1.807, 2.05) is 0 Å². The molecule has 0 radical (unpaired) electrons. The average molecular weight is 382 g/mol. The highest BCUT2D eigenvalue weighted by molar-refractivity contribution is 9.10. The van der Waals surface area contributed by atoms with E-state index in [0.717, 1.165) is 0 Å². The SMILES string of the molecule is Nc1ccc(Nc2ccc(OC(F)(F)F)c(Br)c2)c(Cl)c1. The molecule has 0 unspecified atom stereocenters. The predicted octanol–water partition coefficient (Wildman–Crippen LogP) is 5.33. The third-order valence-electron chi connectivity index (χ3n) is 2.43. The zero-order chi connectivity index (χ0) is 15.6. The maximum Gasteiger partial charge on any atom is 0.573 e. The van der Waals surface area contributed by atoms with Crippen molar-refractivity contribution >= 4 is 44.6 Å². The largest absolute Gasteiger partial charge is 0.573 e. The van der Waals surface area contributed by atoms with Gasteiger partial charge in [-0.15, -0.1) is 13.2 Å². The summed E-state index contributed by atoms with van der Waals surface area (Å²) in [5.74, 6) is -0.323. The minimum absolute atomic E-state index is 0.163. The lowest BCUT2D eigenvalue weighted by atomic mass is 10.2. The van der Waals surface area contributed by atoms with Crippen LogP contribution >= 0.6 is 27.5 Å². The molecule has 2 rings (SSSR count). The highest BCUT2D eigenvalue weighted by Crippen LogP contribution is 2.34. The number of nitrogens with two attached hydrogens (primary N) is 1. The molecule has 0 aliphatic rings. The third-order valence-corrected chi connectivity index (χ3v) is 3.36. The molecular weight excluding hydrogens is 373 g/mol. The van der Waals surface area contributed by atoms with E-state index in [0.29, 0.717) is 22.1 Å². The van der Waals surface area contributed by atoms with Crippen molar-refractivity contribution in [3.63, 3.8) is 0 Å². The summed E-state index contributed by atoms with van der Waals surface area (Å²) < 4.78 is 40.5. The maximum absolute atomic E-state index is 12.2. The first-order valence-corrected chi connectivity index (χ1v) is 6.79. The Kier molecular flexibility index (Phi) is 4.53. The number of nitrogen functional groups attached to an aromatic ring is 1. The van der Waals surface area contributed by atoms with Crippen LogP contribution in [0.2, 0.25) is 5.02 Å². The third kappa shape index (κ3) is 4.44. The van der Waals surface area contributed by atoms with Crippen molar-refractivity contribution in [2.75, 3.05) is 11.1 Å². The fourth-order valence-corrected chi connectivity index (χ4v) is 2.27. The lowest BCUT2D eigenvalue weighted by Crippen LogP contribution is -2.17. The smallest absolute Gasteiger partial charge is 0.405 e. The van der Waals surface area contributed by atoms with E-state index in [4.69, 9.17) is 17.3 Å². The van der Waals surface area contributed by atoms with E-state index in [1.54, 1.807) is 18.2 Å². The van der Waals surface area contributed by atoms with Crippen LogP contribution < -0.4 is 15.8 Å². The van der Waals surface area contributed by atoms with Crippen LogP contribution in [0.1, 0.15) is 0 Å². The standard InChI is InChI=1S/C13H9BrClF3N2O/c14-9-6-8(2-4-12(9)21-13(16,17)18)20-11-3-1-7(19)5-10(11)15/h1-6,20H,19H2. The van der Waals surface area contributed by atoms with E-state index in [2.05, 4.69) is 26.0 Å². The fraction of sp³-hybridized carbons (Fsp3) is 0.0769. The van der Waals surface area contributed by atoms with E-state index in [1.165, 1.54) is 18.2 Å². The van der Waals surface area contributed by atoms with Crippen LogP contribution in [0, 0.1) is 0 Å². The second-order valence-electron chi connectivity index (χ2n) is 4.06. The van der Waals surface area contributed by atoms with E-state index >= 15 is 0 Å². The van der Waals surface area contributed by atoms with Gasteiger partial charge in [-0.3, -0.25) is 0 Å². The van der Waals surface area contributed by atoms with Crippen LogP contribution in [0.4, 0.5) is 30.2 Å². The Morgan fingerprint density at radius 1 is 1.14 bits per heavy atom. The second kappa shape index (κ2) is 6.03. The Balaban J connectivity index is 2.20. The molecule has 0 aliphatic heterocycles. The van der Waals surface area contributed by atoms with Crippen LogP contribution in [-0.2, 0) is 0 Å². The first-order valence-electron chi connectivity index (χ1n) is 5.62. The summed E-state index contributed by atoms with van der Waals surface area (Å²) in [6.45, 7) is 0. The quantitative estimate of drug-likeness (QED) is 0.707. The number of hydrogen-bond donors (Lipinski definition) is 2. The molecule has 0 amide bonds. The topological polar surface area (TPSA) is 47.3 Å². The van der Waals surface area contributed by atoms with Crippen molar-refractivity contribution in [1.82, 2.24) is 0 Å². The van der Waals surface area contributed by atoms with E-state index < -0.39 is 6.36 Å². The molecule has 112 valence electrons. The molecule has 0 spiro atoms. The highest BCUT2D eigenvalue weighted by Gasteiger charge is 2.31. The molecule has 8 heteroatoms. The Bertz CT molecular complexity index is 664. The van der Waals surface area contributed by atoms with Crippen molar-refractivity contribution in [1.29, 1.82) is 0 Å². The van der Waals surface area contributed by atoms with Crippen LogP contribution in [0.5, 0.6) is 5.75 Å². The van der Waals surface area contributed by atoms with Gasteiger partial charge in [-0.2, -0.15) is 0 Å². The highest BCUT2D eigenvalue weighted by atomic mass is 79.9. The zero-order valence-electron chi connectivity index (χ0n) is 10.3. The summed E-state index contributed by atoms with van der Waals surface area (Å²) in [7, 11) is 0. The minimum atomic E-state index is -4.74. The number of anilines is 3. The lowest BCUT2D eigenvalue weighted by molar-refractivity contribution is -0.274. The van der Waals surface area contributed by atoms with Crippen LogP contribution in [0.15, 0.2) is 40.9 Å². The summed E-state index contributed by atoms with van der Waals surface area (Å²) in [5.41, 5.74) is 7.23. The van der Waals surface area contributed by atoms with Gasteiger partial charge in [0.25, 0.3) is 0 Å². The first kappa shape index (κ1) is 15.8. The van der Waals surface area contributed by atoms with Gasteiger partial charge >= 0.3 is 6.36 Å². The number of nitrogens with one attached hydrogen (secondary N) is 1. The molecule has 0 fully saturated rings. The van der Waals surface area contributed by atoms with Crippen molar-refractivity contribution in [2.45, 2.75) is 6.36 Å². The molecule has 0 atom stereocenters. The summed E-state index contributed by atoms with van der Waals surface area (Å²) in [6, 6.07) is 8.99. The van der Waals surface area contributed by atoms with E-state index in [-0.39, 0.29) is 10.2 Å². The van der Waals surface area contributed by atoms with Gasteiger partial charge in [0.2, 0.25) is 0 Å². The first-order chi connectivity index (χ1) is 9.74.